The van der Waals surface area contributed by atoms with Gasteiger partial charge in [-0.1, -0.05) is 31.5 Å². The number of nitrogens with one attached hydrogen (secondary N) is 1. The Kier molecular flexibility index (Phi) is 7.95. The van der Waals surface area contributed by atoms with Gasteiger partial charge in [-0.25, -0.2) is 10.8 Å². The number of benzene rings is 1. The molecular formula is C20H28ClN7O. The number of hydrazone groups is 1. The molecule has 2 rings (SSSR count). The van der Waals surface area contributed by atoms with E-state index in [4.69, 9.17) is 29.0 Å². The van der Waals surface area contributed by atoms with Gasteiger partial charge in [0.2, 0.25) is 0 Å². The van der Waals surface area contributed by atoms with E-state index in [9.17, 15) is 4.79 Å². The zero-order valence-electron chi connectivity index (χ0n) is 16.9. The van der Waals surface area contributed by atoms with E-state index in [0.717, 1.165) is 16.7 Å². The van der Waals surface area contributed by atoms with Crippen molar-refractivity contribution in [3.63, 3.8) is 0 Å². The smallest absolute Gasteiger partial charge is 0.270 e. The van der Waals surface area contributed by atoms with Gasteiger partial charge in [-0.05, 0) is 53.8 Å². The summed E-state index contributed by atoms with van der Waals surface area (Å²) in [5, 5.41) is 8.65. The first-order valence-corrected chi connectivity index (χ1v) is 9.67. The number of carbonyl (C=O) groups is 1. The second-order valence-electron chi connectivity index (χ2n) is 7.21. The average molecular weight is 418 g/mol. The van der Waals surface area contributed by atoms with Crippen LogP contribution in [0.2, 0.25) is 5.02 Å². The number of hydrogen-bond donors (Lipinski definition) is 4. The fraction of sp³-hybridized carbons (Fsp3) is 0.350. The number of nitrogens with two attached hydrogens (primary N) is 3. The summed E-state index contributed by atoms with van der Waals surface area (Å²) < 4.78 is 0. The highest BCUT2D eigenvalue weighted by molar-refractivity contribution is 6.30. The van der Waals surface area contributed by atoms with Crippen molar-refractivity contribution < 1.29 is 4.79 Å². The van der Waals surface area contributed by atoms with Gasteiger partial charge in [0, 0.05) is 24.7 Å². The molecule has 7 N–H and O–H groups in total. The first-order valence-electron chi connectivity index (χ1n) is 9.29. The molecule has 0 aliphatic carbocycles. The number of aromatic nitrogens is 1. The maximum Gasteiger partial charge on any atom is 0.270 e. The van der Waals surface area contributed by atoms with Gasteiger partial charge in [0.05, 0.1) is 0 Å². The zero-order valence-corrected chi connectivity index (χ0v) is 17.7. The number of hydrogen-bond acceptors (Lipinski definition) is 6. The number of nitrogens with zero attached hydrogens (tertiary/aromatic N) is 3. The van der Waals surface area contributed by atoms with E-state index in [1.54, 1.807) is 24.3 Å². The zero-order chi connectivity index (χ0) is 21.6. The summed E-state index contributed by atoms with van der Waals surface area (Å²) in [6.45, 7) is 7.11. The number of rotatable bonds is 7. The molecule has 156 valence electrons. The molecule has 0 aliphatic heterocycles. The molecule has 0 atom stereocenters. The summed E-state index contributed by atoms with van der Waals surface area (Å²) in [5.74, 6) is 11.9. The van der Waals surface area contributed by atoms with Crippen LogP contribution in [-0.4, -0.2) is 28.3 Å². The predicted molar refractivity (Wildman–Crippen MR) is 116 cm³/mol. The number of hydrazine groups is 1. The van der Waals surface area contributed by atoms with Gasteiger partial charge in [-0.2, -0.15) is 5.10 Å². The second kappa shape index (κ2) is 10.2. The molecule has 0 fully saturated rings. The molecule has 9 heteroatoms. The maximum atomic E-state index is 12.7. The van der Waals surface area contributed by atoms with Crippen LogP contribution >= 0.6 is 11.6 Å². The second-order valence-corrected chi connectivity index (χ2v) is 7.65. The van der Waals surface area contributed by atoms with E-state index < -0.39 is 0 Å². The van der Waals surface area contributed by atoms with Crippen LogP contribution in [0.25, 0.3) is 0 Å². The molecule has 0 spiro atoms. The highest BCUT2D eigenvalue weighted by Crippen LogP contribution is 2.16. The molecular weight excluding hydrogens is 390 g/mol. The molecule has 1 aromatic carbocycles. The van der Waals surface area contributed by atoms with Gasteiger partial charge < -0.3 is 16.9 Å². The largest absolute Gasteiger partial charge is 0.347 e. The van der Waals surface area contributed by atoms with Crippen LogP contribution < -0.4 is 22.7 Å². The van der Waals surface area contributed by atoms with E-state index in [1.807, 2.05) is 26.8 Å². The first kappa shape index (κ1) is 22.6. The van der Waals surface area contributed by atoms with Crippen molar-refractivity contribution in [1.82, 2.24) is 15.3 Å². The topological polar surface area (TPSA) is 136 Å². The van der Waals surface area contributed by atoms with Gasteiger partial charge in [0.25, 0.3) is 5.91 Å². The summed E-state index contributed by atoms with van der Waals surface area (Å²) >= 11 is 6.06. The SMILES string of the molecule is Cc1cc(C(=O)NCc2cc(Cl)ccc2CN)nc(/C(=N/N)N(N)CC(C)C)c1. The summed E-state index contributed by atoms with van der Waals surface area (Å²) in [5.41, 5.74) is 9.05. The first-order chi connectivity index (χ1) is 13.7. The Labute approximate surface area is 176 Å². The van der Waals surface area contributed by atoms with Crippen LogP contribution in [-0.2, 0) is 13.1 Å². The normalized spacial score (nSPS) is 11.6. The van der Waals surface area contributed by atoms with Crippen molar-refractivity contribution in [3.8, 4) is 0 Å². The van der Waals surface area contributed by atoms with Gasteiger partial charge in [-0.3, -0.25) is 9.80 Å². The van der Waals surface area contributed by atoms with Crippen LogP contribution in [0, 0.1) is 12.8 Å². The van der Waals surface area contributed by atoms with Gasteiger partial charge in [0.1, 0.15) is 11.4 Å². The highest BCUT2D eigenvalue weighted by atomic mass is 35.5. The van der Waals surface area contributed by atoms with Crippen LogP contribution in [0.5, 0.6) is 0 Å². The Bertz CT molecular complexity index is 898. The standard InChI is InChI=1S/C20H28ClN7O/c1-12(2)11-28(24)19(27-23)17-6-13(3)7-18(26-17)20(29)25-10-15-8-16(21)5-4-14(15)9-22/h4-8,12H,9-11,22-24H2,1-3H3,(H,25,29)/b27-19-. The van der Waals surface area contributed by atoms with Gasteiger partial charge in [-0.15, -0.1) is 0 Å². The van der Waals surface area contributed by atoms with E-state index in [-0.39, 0.29) is 18.1 Å². The third-order valence-corrected chi connectivity index (χ3v) is 4.45. The molecule has 0 saturated heterocycles. The third kappa shape index (κ3) is 6.15. The number of carbonyl (C=O) groups excluding carboxylic acids is 1. The van der Waals surface area contributed by atoms with Crippen LogP contribution in [0.3, 0.4) is 0 Å². The lowest BCUT2D eigenvalue weighted by atomic mass is 10.1. The molecule has 1 amide bonds. The van der Waals surface area contributed by atoms with Crippen molar-refractivity contribution in [2.45, 2.75) is 33.9 Å². The van der Waals surface area contributed by atoms with Gasteiger partial charge >= 0.3 is 0 Å². The molecule has 0 bridgehead atoms. The monoisotopic (exact) mass is 417 g/mol. The fourth-order valence-electron chi connectivity index (χ4n) is 2.89. The number of amidine groups is 1. The Balaban J connectivity index is 2.22. The maximum absolute atomic E-state index is 12.7. The number of pyridine rings is 1. The molecule has 2 aromatic rings. The van der Waals surface area contributed by atoms with Crippen molar-refractivity contribution in [1.29, 1.82) is 0 Å². The van der Waals surface area contributed by atoms with Crippen LogP contribution in [0.1, 0.15) is 46.7 Å². The Morgan fingerprint density at radius 3 is 2.55 bits per heavy atom. The summed E-state index contributed by atoms with van der Waals surface area (Å²) in [4.78, 5) is 17.1. The van der Waals surface area contributed by atoms with Crippen molar-refractivity contribution in [2.24, 2.45) is 28.4 Å². The lowest BCUT2D eigenvalue weighted by Gasteiger charge is -2.22. The van der Waals surface area contributed by atoms with Crippen molar-refractivity contribution in [3.05, 3.63) is 63.4 Å². The van der Waals surface area contributed by atoms with E-state index in [1.165, 1.54) is 5.01 Å². The average Bonchev–Trinajstić information content (AvgIpc) is 2.65. The number of halogens is 1. The Morgan fingerprint density at radius 2 is 1.93 bits per heavy atom. The molecule has 0 radical (unpaired) electrons. The molecule has 29 heavy (non-hydrogen) atoms. The van der Waals surface area contributed by atoms with Crippen molar-refractivity contribution in [2.75, 3.05) is 6.54 Å². The predicted octanol–water partition coefficient (Wildman–Crippen LogP) is 1.88. The number of amides is 1. The van der Waals surface area contributed by atoms with E-state index in [2.05, 4.69) is 15.4 Å². The van der Waals surface area contributed by atoms with E-state index in [0.29, 0.717) is 35.6 Å². The summed E-state index contributed by atoms with van der Waals surface area (Å²) in [6, 6.07) is 8.88. The molecule has 0 aliphatic rings. The molecule has 8 nitrogen and oxygen atoms in total. The summed E-state index contributed by atoms with van der Waals surface area (Å²) in [6.07, 6.45) is 0. The molecule has 0 saturated carbocycles. The number of aryl methyl sites for hydroxylation is 1. The van der Waals surface area contributed by atoms with Crippen LogP contribution in [0.4, 0.5) is 0 Å². The fourth-order valence-corrected chi connectivity index (χ4v) is 3.08. The molecule has 1 heterocycles. The van der Waals surface area contributed by atoms with E-state index >= 15 is 0 Å². The third-order valence-electron chi connectivity index (χ3n) is 4.22. The van der Waals surface area contributed by atoms with Gasteiger partial charge in [0.15, 0.2) is 5.84 Å². The lowest BCUT2D eigenvalue weighted by Crippen LogP contribution is -2.42. The molecule has 0 unspecified atom stereocenters. The summed E-state index contributed by atoms with van der Waals surface area (Å²) in [7, 11) is 0. The highest BCUT2D eigenvalue weighted by Gasteiger charge is 2.17. The Hall–Kier alpha value is -2.68. The lowest BCUT2D eigenvalue weighted by molar-refractivity contribution is 0.0945. The van der Waals surface area contributed by atoms with Crippen LogP contribution in [0.15, 0.2) is 35.4 Å². The van der Waals surface area contributed by atoms with Crippen molar-refractivity contribution >= 4 is 23.3 Å². The minimum absolute atomic E-state index is 0.246. The minimum atomic E-state index is -0.332. The Morgan fingerprint density at radius 1 is 1.24 bits per heavy atom. The minimum Gasteiger partial charge on any atom is -0.347 e. The quantitative estimate of drug-likeness (QED) is 0.235. The molecule has 1 aromatic heterocycles.